The number of amides is 1. The maximum absolute atomic E-state index is 13.5. The van der Waals surface area contributed by atoms with Crippen LogP contribution in [-0.4, -0.2) is 193 Å². The highest BCUT2D eigenvalue weighted by Gasteiger charge is 2.54. The normalized spacial score (nSPS) is 25.9. The van der Waals surface area contributed by atoms with Crippen molar-refractivity contribution in [3.8, 4) is 0 Å². The fraction of sp³-hybridized carbons (Fsp3) is 0.852. The first-order valence-corrected chi connectivity index (χ1v) is 43.7. The Morgan fingerprint density at radius 3 is 1.00 bits per heavy atom. The van der Waals surface area contributed by atoms with Gasteiger partial charge in [0.15, 0.2) is 18.9 Å². The lowest BCUT2D eigenvalue weighted by Crippen LogP contribution is -2.66. The van der Waals surface area contributed by atoms with E-state index < -0.39 is 124 Å². The highest BCUT2D eigenvalue weighted by Crippen LogP contribution is 2.33. The van der Waals surface area contributed by atoms with Crippen LogP contribution in [0.4, 0.5) is 0 Å². The number of unbranched alkanes of at least 4 members (excludes halogenated alkanes) is 44. The Morgan fingerprint density at radius 1 is 0.336 bits per heavy atom. The zero-order chi connectivity index (χ0) is 77.4. The monoisotopic (exact) mass is 1520 g/mol. The van der Waals surface area contributed by atoms with Crippen LogP contribution in [0.1, 0.15) is 348 Å². The Bertz CT molecular complexity index is 2210. The molecule has 107 heavy (non-hydrogen) atoms. The maximum atomic E-state index is 13.5. The molecule has 0 aliphatic carbocycles. The van der Waals surface area contributed by atoms with E-state index in [0.29, 0.717) is 12.8 Å². The summed E-state index contributed by atoms with van der Waals surface area (Å²) < 4.78 is 34.5. The number of nitrogens with one attached hydrogen (secondary N) is 1. The molecule has 0 aromatic rings. The minimum absolute atomic E-state index is 0.233. The van der Waals surface area contributed by atoms with E-state index in [0.717, 1.165) is 57.8 Å². The maximum Gasteiger partial charge on any atom is 0.220 e. The highest BCUT2D eigenvalue weighted by atomic mass is 16.8. The topological polar surface area (TPSA) is 307 Å². The first kappa shape index (κ1) is 98.4. The Morgan fingerprint density at radius 2 is 0.626 bits per heavy atom. The molecule has 19 nitrogen and oxygen atoms in total. The van der Waals surface area contributed by atoms with Crippen molar-refractivity contribution in [3.63, 3.8) is 0 Å². The van der Waals surface area contributed by atoms with Crippen LogP contribution in [0, 0.1) is 0 Å². The fourth-order valence-corrected chi connectivity index (χ4v) is 14.5. The molecular weight excluding hydrogens is 1360 g/mol. The Hall–Kier alpha value is -2.77. The molecule has 17 atom stereocenters. The summed E-state index contributed by atoms with van der Waals surface area (Å²) in [7, 11) is 0. The summed E-state index contributed by atoms with van der Waals surface area (Å²) >= 11 is 0. The van der Waals surface area contributed by atoms with Crippen LogP contribution in [0.2, 0.25) is 0 Å². The third-order valence-electron chi connectivity index (χ3n) is 21.5. The van der Waals surface area contributed by atoms with Crippen molar-refractivity contribution < 1.29 is 89.4 Å². The van der Waals surface area contributed by atoms with E-state index in [9.17, 15) is 61.0 Å². The number of ether oxygens (including phenoxy) is 6. The van der Waals surface area contributed by atoms with Crippen LogP contribution < -0.4 is 5.32 Å². The van der Waals surface area contributed by atoms with Crippen molar-refractivity contribution in [2.24, 2.45) is 0 Å². The highest BCUT2D eigenvalue weighted by molar-refractivity contribution is 5.76. The number of allylic oxidation sites excluding steroid dienone is 11. The van der Waals surface area contributed by atoms with Gasteiger partial charge in [-0.3, -0.25) is 4.79 Å². The van der Waals surface area contributed by atoms with E-state index in [1.165, 1.54) is 257 Å². The lowest BCUT2D eigenvalue weighted by molar-refractivity contribution is -0.379. The predicted molar refractivity (Wildman–Crippen MR) is 429 cm³/mol. The van der Waals surface area contributed by atoms with E-state index >= 15 is 0 Å². The van der Waals surface area contributed by atoms with Crippen molar-refractivity contribution in [1.29, 1.82) is 0 Å². The van der Waals surface area contributed by atoms with Crippen LogP contribution in [0.15, 0.2) is 72.9 Å². The summed E-state index contributed by atoms with van der Waals surface area (Å²) in [5.41, 5.74) is 0. The molecule has 3 aliphatic heterocycles. The summed E-state index contributed by atoms with van der Waals surface area (Å²) in [6.07, 6.45) is 63.4. The van der Waals surface area contributed by atoms with Crippen LogP contribution >= 0.6 is 0 Å². The smallest absolute Gasteiger partial charge is 0.220 e. The standard InChI is InChI=1S/C88H159NO18/c1-3-5-7-9-11-13-15-17-19-21-23-25-27-29-30-31-32-33-34-35-36-37-38-39-40-42-44-46-48-50-52-54-56-58-60-62-64-66-76(94)89-71(72(93)65-63-61-59-57-55-53-51-49-47-45-43-41-28-26-24-22-20-18-16-14-12-10-8-6-4-2)70-102-86-82(100)79(97)84(74(68-91)104-86)107-88-83(101)80(98)85(75(69-92)105-88)106-87-81(99)78(96)77(95)73(67-90)103-87/h15,17,21,23,27,29,47,49,55,57,63,65,71-75,77-88,90-93,95-101H,3-14,16,18-20,22,24-26,28,30-46,48,50-54,56,58-62,64,66-70H2,1-2H3,(H,89,94)/b17-15-,23-21-,29-27-,49-47+,57-55+,65-63+. The van der Waals surface area contributed by atoms with Crippen molar-refractivity contribution >= 4 is 5.91 Å². The molecule has 0 radical (unpaired) electrons. The molecule has 3 fully saturated rings. The molecular formula is C88H159NO18. The molecule has 3 saturated heterocycles. The van der Waals surface area contributed by atoms with Crippen molar-refractivity contribution in [2.75, 3.05) is 26.4 Å². The van der Waals surface area contributed by atoms with Gasteiger partial charge in [-0.15, -0.1) is 0 Å². The molecule has 19 heteroatoms. The van der Waals surface area contributed by atoms with Gasteiger partial charge in [-0.2, -0.15) is 0 Å². The quantitative estimate of drug-likeness (QED) is 0.0199. The minimum atomic E-state index is -1.99. The van der Waals surface area contributed by atoms with E-state index in [1.807, 2.05) is 6.08 Å². The van der Waals surface area contributed by atoms with Crippen LogP contribution in [0.25, 0.3) is 0 Å². The van der Waals surface area contributed by atoms with Gasteiger partial charge in [-0.25, -0.2) is 0 Å². The number of aliphatic hydroxyl groups is 11. The molecule has 0 saturated carbocycles. The Kier molecular flexibility index (Phi) is 62.3. The van der Waals surface area contributed by atoms with Gasteiger partial charge in [0.2, 0.25) is 5.91 Å². The molecule has 3 rings (SSSR count). The average molecular weight is 1520 g/mol. The van der Waals surface area contributed by atoms with Gasteiger partial charge in [0.25, 0.3) is 0 Å². The molecule has 0 aromatic carbocycles. The average Bonchev–Trinajstić information content (AvgIpc) is 0.781. The lowest BCUT2D eigenvalue weighted by Gasteiger charge is -2.48. The number of hydrogen-bond donors (Lipinski definition) is 12. The number of rotatable bonds is 70. The minimum Gasteiger partial charge on any atom is -0.394 e. The molecule has 624 valence electrons. The van der Waals surface area contributed by atoms with Crippen LogP contribution in [0.5, 0.6) is 0 Å². The number of hydrogen-bond acceptors (Lipinski definition) is 18. The van der Waals surface area contributed by atoms with Gasteiger partial charge in [-0.1, -0.05) is 331 Å². The summed E-state index contributed by atoms with van der Waals surface area (Å²) in [5.74, 6) is -0.285. The first-order valence-electron chi connectivity index (χ1n) is 43.7. The summed E-state index contributed by atoms with van der Waals surface area (Å²) in [6, 6.07) is -1.000. The molecule has 3 heterocycles. The summed E-state index contributed by atoms with van der Waals surface area (Å²) in [5, 5.41) is 121. The van der Waals surface area contributed by atoms with E-state index in [2.05, 4.69) is 79.9 Å². The summed E-state index contributed by atoms with van der Waals surface area (Å²) in [4.78, 5) is 13.5. The number of carbonyl (C=O) groups excluding carboxylic acids is 1. The van der Waals surface area contributed by atoms with Crippen LogP contribution in [0.3, 0.4) is 0 Å². The molecule has 0 bridgehead atoms. The largest absolute Gasteiger partial charge is 0.394 e. The van der Waals surface area contributed by atoms with Crippen LogP contribution in [-0.2, 0) is 33.2 Å². The molecule has 3 aliphatic rings. The van der Waals surface area contributed by atoms with Gasteiger partial charge in [0.05, 0.1) is 38.6 Å². The SMILES string of the molecule is CCCCCCC/C=C\C/C=C\C/C=C\CCCCCCCCCCCCCCCCCCCCCCCCC(=O)NC(COC1OC(CO)C(OC2OC(CO)C(OC3OC(CO)C(O)C(O)C3O)C(O)C2O)C(O)C1O)C(O)/C=C/CC/C=C/CC/C=C/CCCCCCCCCCCCCCCCC. The van der Waals surface area contributed by atoms with Gasteiger partial charge < -0.3 is 89.9 Å². The van der Waals surface area contributed by atoms with Gasteiger partial charge in [0, 0.05) is 6.42 Å². The van der Waals surface area contributed by atoms with E-state index in [-0.39, 0.29) is 18.9 Å². The third kappa shape index (κ3) is 46.9. The Labute approximate surface area is 648 Å². The molecule has 1 amide bonds. The van der Waals surface area contributed by atoms with E-state index in [1.54, 1.807) is 6.08 Å². The lowest BCUT2D eigenvalue weighted by atomic mass is 9.96. The zero-order valence-corrected chi connectivity index (χ0v) is 67.1. The van der Waals surface area contributed by atoms with E-state index in [4.69, 9.17) is 28.4 Å². The van der Waals surface area contributed by atoms with Gasteiger partial charge in [-0.05, 0) is 83.5 Å². The molecule has 0 spiro atoms. The molecule has 12 N–H and O–H groups in total. The van der Waals surface area contributed by atoms with Gasteiger partial charge in [0.1, 0.15) is 73.2 Å². The van der Waals surface area contributed by atoms with Crippen molar-refractivity contribution in [3.05, 3.63) is 72.9 Å². The Balaban J connectivity index is 1.34. The molecule has 0 aromatic heterocycles. The van der Waals surface area contributed by atoms with Crippen molar-refractivity contribution in [1.82, 2.24) is 5.32 Å². The second kappa shape index (κ2) is 67.7. The molecule has 17 unspecified atom stereocenters. The zero-order valence-electron chi connectivity index (χ0n) is 67.1. The number of aliphatic hydroxyl groups excluding tert-OH is 11. The summed E-state index contributed by atoms with van der Waals surface area (Å²) in [6.45, 7) is 1.74. The second-order valence-corrected chi connectivity index (χ2v) is 31.0. The predicted octanol–water partition coefficient (Wildman–Crippen LogP) is 16.0. The second-order valence-electron chi connectivity index (χ2n) is 31.0. The number of carbonyl (C=O) groups is 1. The fourth-order valence-electron chi connectivity index (χ4n) is 14.5. The van der Waals surface area contributed by atoms with Crippen molar-refractivity contribution in [2.45, 2.75) is 452 Å². The first-order chi connectivity index (χ1) is 52.3. The van der Waals surface area contributed by atoms with Gasteiger partial charge >= 0.3 is 0 Å². The third-order valence-corrected chi connectivity index (χ3v) is 21.5.